The van der Waals surface area contributed by atoms with Crippen LogP contribution in [0.15, 0.2) is 53.4 Å². The third kappa shape index (κ3) is 7.08. The minimum atomic E-state index is -3.53. The molecule has 0 aromatic heterocycles. The topological polar surface area (TPSA) is 96.5 Å². The molecule has 7 nitrogen and oxygen atoms in total. The van der Waals surface area contributed by atoms with Crippen molar-refractivity contribution in [1.82, 2.24) is 10.0 Å². The maximum Gasteiger partial charge on any atom is 0.261 e. The van der Waals surface area contributed by atoms with Gasteiger partial charge in [-0.05, 0) is 61.5 Å². The van der Waals surface area contributed by atoms with Crippen molar-refractivity contribution in [2.75, 3.05) is 18.5 Å². The van der Waals surface area contributed by atoms with E-state index < -0.39 is 10.0 Å². The lowest BCUT2D eigenvalue weighted by Crippen LogP contribution is -2.34. The largest absolute Gasteiger partial charge is 0.493 e. The molecule has 0 fully saturated rings. The van der Waals surface area contributed by atoms with Crippen LogP contribution < -0.4 is 20.1 Å². The first kappa shape index (κ1) is 23.8. The van der Waals surface area contributed by atoms with Crippen molar-refractivity contribution in [1.29, 1.82) is 0 Å². The summed E-state index contributed by atoms with van der Waals surface area (Å²) in [6, 6.07) is 13.1. The molecule has 0 aliphatic heterocycles. The van der Waals surface area contributed by atoms with Crippen LogP contribution in [-0.2, 0) is 10.0 Å². The second-order valence-corrected chi connectivity index (χ2v) is 8.70. The molecule has 0 heterocycles. The average molecular weight is 450 g/mol. The molecular weight excluding hydrogens is 422 g/mol. The van der Waals surface area contributed by atoms with E-state index in [0.29, 0.717) is 36.6 Å². The Morgan fingerprint density at radius 2 is 1.73 bits per heavy atom. The second-order valence-electron chi connectivity index (χ2n) is 6.53. The number of carbonyl (C=O) groups excluding carboxylic acids is 1. The predicted molar refractivity (Wildman–Crippen MR) is 122 cm³/mol. The molecule has 30 heavy (non-hydrogen) atoms. The molecule has 0 radical (unpaired) electrons. The van der Waals surface area contributed by atoms with Gasteiger partial charge >= 0.3 is 0 Å². The van der Waals surface area contributed by atoms with Crippen LogP contribution in [0, 0.1) is 0 Å². The molecular formula is C21H27N3O4S2. The van der Waals surface area contributed by atoms with E-state index in [1.165, 1.54) is 12.1 Å². The zero-order chi connectivity index (χ0) is 22.0. The van der Waals surface area contributed by atoms with Crippen LogP contribution in [0.2, 0.25) is 0 Å². The average Bonchev–Trinajstić information content (AvgIpc) is 2.73. The third-order valence-electron chi connectivity index (χ3n) is 4.08. The number of nitrogens with one attached hydrogen (secondary N) is 3. The van der Waals surface area contributed by atoms with Crippen LogP contribution >= 0.6 is 12.2 Å². The van der Waals surface area contributed by atoms with Crippen LogP contribution in [0.4, 0.5) is 5.69 Å². The van der Waals surface area contributed by atoms with Crippen LogP contribution in [0.3, 0.4) is 0 Å². The zero-order valence-electron chi connectivity index (χ0n) is 17.1. The second kappa shape index (κ2) is 11.6. The first-order valence-electron chi connectivity index (χ1n) is 9.81. The summed E-state index contributed by atoms with van der Waals surface area (Å²) in [5, 5.41) is 5.60. The van der Waals surface area contributed by atoms with E-state index >= 15 is 0 Å². The van der Waals surface area contributed by atoms with Crippen LogP contribution in [0.25, 0.3) is 0 Å². The number of unbranched alkanes of at least 4 members (excludes halogenated alkanes) is 1. The van der Waals surface area contributed by atoms with Gasteiger partial charge in [0.1, 0.15) is 5.75 Å². The van der Waals surface area contributed by atoms with Gasteiger partial charge in [-0.3, -0.25) is 10.1 Å². The number of amides is 1. The summed E-state index contributed by atoms with van der Waals surface area (Å²) < 4.78 is 32.4. The molecule has 2 aromatic carbocycles. The molecule has 0 atom stereocenters. The molecule has 0 saturated carbocycles. The van der Waals surface area contributed by atoms with Crippen molar-refractivity contribution in [3.8, 4) is 5.75 Å². The molecule has 0 saturated heterocycles. The number of hydrogen-bond acceptors (Lipinski definition) is 5. The van der Waals surface area contributed by atoms with Crippen molar-refractivity contribution < 1.29 is 17.9 Å². The lowest BCUT2D eigenvalue weighted by molar-refractivity contribution is 0.0973. The number of hydrogen-bond donors (Lipinski definition) is 3. The van der Waals surface area contributed by atoms with Gasteiger partial charge in [0.05, 0.1) is 17.1 Å². The van der Waals surface area contributed by atoms with E-state index in [0.717, 1.165) is 12.8 Å². The number of benzene rings is 2. The van der Waals surface area contributed by atoms with Gasteiger partial charge in [0.15, 0.2) is 5.11 Å². The van der Waals surface area contributed by atoms with Crippen molar-refractivity contribution in [2.24, 2.45) is 0 Å². The molecule has 0 bridgehead atoms. The molecule has 2 rings (SSSR count). The Balaban J connectivity index is 1.98. The molecule has 0 aliphatic rings. The lowest BCUT2D eigenvalue weighted by atomic mass is 10.2. The fourth-order valence-corrected chi connectivity index (χ4v) is 3.82. The first-order chi connectivity index (χ1) is 14.4. The van der Waals surface area contributed by atoms with Crippen molar-refractivity contribution in [2.45, 2.75) is 38.0 Å². The molecule has 162 valence electrons. The highest BCUT2D eigenvalue weighted by Gasteiger charge is 2.15. The predicted octanol–water partition coefficient (Wildman–Crippen LogP) is 3.68. The van der Waals surface area contributed by atoms with E-state index in [9.17, 15) is 13.2 Å². The number of anilines is 1. The SMILES string of the molecule is CCCCOc1ccccc1C(=O)NC(=S)Nc1ccc(S(=O)(=O)NCCC)cc1. The van der Waals surface area contributed by atoms with Gasteiger partial charge in [-0.15, -0.1) is 0 Å². The van der Waals surface area contributed by atoms with Crippen LogP contribution in [-0.4, -0.2) is 32.6 Å². The van der Waals surface area contributed by atoms with Gasteiger partial charge in [0.2, 0.25) is 10.0 Å². The van der Waals surface area contributed by atoms with Crippen molar-refractivity contribution in [3.63, 3.8) is 0 Å². The summed E-state index contributed by atoms with van der Waals surface area (Å²) in [6.45, 7) is 4.87. The highest BCUT2D eigenvalue weighted by atomic mass is 32.2. The van der Waals surface area contributed by atoms with Crippen LogP contribution in [0.5, 0.6) is 5.75 Å². The maximum absolute atomic E-state index is 12.6. The lowest BCUT2D eigenvalue weighted by Gasteiger charge is -2.13. The van der Waals surface area contributed by atoms with Gasteiger partial charge in [-0.25, -0.2) is 13.1 Å². The fourth-order valence-electron chi connectivity index (χ4n) is 2.48. The maximum atomic E-state index is 12.6. The third-order valence-corrected chi connectivity index (χ3v) is 5.76. The van der Waals surface area contributed by atoms with E-state index in [1.54, 1.807) is 36.4 Å². The van der Waals surface area contributed by atoms with E-state index in [4.69, 9.17) is 17.0 Å². The molecule has 2 aromatic rings. The van der Waals surface area contributed by atoms with Gasteiger partial charge in [-0.1, -0.05) is 32.4 Å². The Hall–Kier alpha value is -2.49. The minimum Gasteiger partial charge on any atom is -0.493 e. The number of rotatable bonds is 10. The van der Waals surface area contributed by atoms with Crippen LogP contribution in [0.1, 0.15) is 43.5 Å². The smallest absolute Gasteiger partial charge is 0.261 e. The number of carbonyl (C=O) groups is 1. The number of para-hydroxylation sites is 1. The Bertz CT molecular complexity index is 960. The Morgan fingerprint density at radius 3 is 2.40 bits per heavy atom. The molecule has 1 amide bonds. The summed E-state index contributed by atoms with van der Waals surface area (Å²) >= 11 is 5.21. The molecule has 3 N–H and O–H groups in total. The normalized spacial score (nSPS) is 11.0. The molecule has 0 spiro atoms. The number of sulfonamides is 1. The Kier molecular flexibility index (Phi) is 9.22. The van der Waals surface area contributed by atoms with E-state index in [-0.39, 0.29) is 15.9 Å². The first-order valence-corrected chi connectivity index (χ1v) is 11.7. The summed E-state index contributed by atoms with van der Waals surface area (Å²) in [7, 11) is -3.53. The summed E-state index contributed by atoms with van der Waals surface area (Å²) in [5.41, 5.74) is 0.948. The number of thiocarbonyl (C=S) groups is 1. The highest BCUT2D eigenvalue weighted by Crippen LogP contribution is 2.18. The quantitative estimate of drug-likeness (QED) is 0.378. The standard InChI is InChI=1S/C21H27N3O4S2/c1-3-5-15-28-19-9-7-6-8-18(19)20(25)24-21(29)23-16-10-12-17(13-11-16)30(26,27)22-14-4-2/h6-13,22H,3-5,14-15H2,1-2H3,(H2,23,24,25,29). The molecule has 0 unspecified atom stereocenters. The van der Waals surface area contributed by atoms with E-state index in [1.807, 2.05) is 6.92 Å². The molecule has 0 aliphatic carbocycles. The van der Waals surface area contributed by atoms with Gasteiger partial charge in [0, 0.05) is 12.2 Å². The summed E-state index contributed by atoms with van der Waals surface area (Å²) in [6.07, 6.45) is 2.60. The zero-order valence-corrected chi connectivity index (χ0v) is 18.7. The van der Waals surface area contributed by atoms with Gasteiger partial charge < -0.3 is 10.1 Å². The highest BCUT2D eigenvalue weighted by molar-refractivity contribution is 7.89. The number of ether oxygens (including phenoxy) is 1. The molecule has 9 heteroatoms. The van der Waals surface area contributed by atoms with Crippen molar-refractivity contribution in [3.05, 3.63) is 54.1 Å². The minimum absolute atomic E-state index is 0.100. The van der Waals surface area contributed by atoms with E-state index in [2.05, 4.69) is 22.3 Å². The van der Waals surface area contributed by atoms with Gasteiger partial charge in [-0.2, -0.15) is 0 Å². The Labute approximate surface area is 183 Å². The Morgan fingerprint density at radius 1 is 1.03 bits per heavy atom. The fraction of sp³-hybridized carbons (Fsp3) is 0.333. The summed E-state index contributed by atoms with van der Waals surface area (Å²) in [4.78, 5) is 12.7. The summed E-state index contributed by atoms with van der Waals surface area (Å²) in [5.74, 6) is 0.114. The van der Waals surface area contributed by atoms with Gasteiger partial charge in [0.25, 0.3) is 5.91 Å². The van der Waals surface area contributed by atoms with Crippen molar-refractivity contribution >= 4 is 38.9 Å². The monoisotopic (exact) mass is 449 g/mol.